The maximum absolute atomic E-state index is 12.9. The van der Waals surface area contributed by atoms with Gasteiger partial charge in [0.25, 0.3) is 0 Å². The van der Waals surface area contributed by atoms with Gasteiger partial charge in [-0.1, -0.05) is 36.0 Å². The van der Waals surface area contributed by atoms with Crippen molar-refractivity contribution < 1.29 is 9.53 Å². The Hall–Kier alpha value is -2.53. The Bertz CT molecular complexity index is 1000. The van der Waals surface area contributed by atoms with Crippen LogP contribution in [-0.4, -0.2) is 15.7 Å². The molecular weight excluding hydrogens is 368 g/mol. The molecule has 146 valence electrons. The number of ether oxygens (including phenoxy) is 1. The van der Waals surface area contributed by atoms with E-state index in [1.807, 2.05) is 84.0 Å². The van der Waals surface area contributed by atoms with Crippen molar-refractivity contribution in [2.75, 3.05) is 0 Å². The van der Waals surface area contributed by atoms with E-state index in [0.717, 1.165) is 26.6 Å². The molecule has 5 heteroatoms. The van der Waals surface area contributed by atoms with Crippen LogP contribution in [0.3, 0.4) is 0 Å². The van der Waals surface area contributed by atoms with Crippen LogP contribution in [0.15, 0.2) is 58.3 Å². The number of aromatic nitrogens is 2. The van der Waals surface area contributed by atoms with E-state index in [1.165, 1.54) is 0 Å². The fraction of sp³-hybridized carbons (Fsp3) is 0.304. The zero-order valence-corrected chi connectivity index (χ0v) is 18.1. The molecule has 0 amide bonds. The molecule has 0 atom stereocenters. The third-order valence-corrected chi connectivity index (χ3v) is 5.68. The first-order valence-corrected chi connectivity index (χ1v) is 10.1. The van der Waals surface area contributed by atoms with Crippen molar-refractivity contribution in [2.45, 2.75) is 56.9 Å². The second-order valence-corrected chi connectivity index (χ2v) is 8.99. The van der Waals surface area contributed by atoms with Crippen LogP contribution in [0.2, 0.25) is 0 Å². The van der Waals surface area contributed by atoms with E-state index in [1.54, 1.807) is 22.5 Å². The number of carbonyl (C=O) groups is 1. The number of nitrogens with zero attached hydrogens (tertiary/aromatic N) is 2. The summed E-state index contributed by atoms with van der Waals surface area (Å²) < 4.78 is 7.72. The molecule has 0 N–H and O–H groups in total. The van der Waals surface area contributed by atoms with Crippen molar-refractivity contribution in [3.8, 4) is 5.88 Å². The fourth-order valence-electron chi connectivity index (χ4n) is 2.78. The van der Waals surface area contributed by atoms with E-state index < -0.39 is 0 Å². The molecular formula is C23H26N2O2S. The molecule has 2 aromatic carbocycles. The van der Waals surface area contributed by atoms with E-state index in [4.69, 9.17) is 4.74 Å². The van der Waals surface area contributed by atoms with Crippen molar-refractivity contribution in [1.82, 2.24) is 9.78 Å². The predicted octanol–water partition coefficient (Wildman–Crippen LogP) is 5.93. The highest BCUT2D eigenvalue weighted by atomic mass is 32.2. The van der Waals surface area contributed by atoms with E-state index in [-0.39, 0.29) is 11.5 Å². The minimum Gasteiger partial charge on any atom is -0.403 e. The van der Waals surface area contributed by atoms with E-state index >= 15 is 0 Å². The molecule has 28 heavy (non-hydrogen) atoms. The third-order valence-electron chi connectivity index (χ3n) is 4.50. The average molecular weight is 395 g/mol. The Morgan fingerprint density at radius 3 is 2.29 bits per heavy atom. The van der Waals surface area contributed by atoms with Gasteiger partial charge in [0, 0.05) is 4.90 Å². The lowest BCUT2D eigenvalue weighted by Gasteiger charge is -2.22. The van der Waals surface area contributed by atoms with Crippen molar-refractivity contribution in [3.63, 3.8) is 0 Å². The van der Waals surface area contributed by atoms with Gasteiger partial charge in [-0.2, -0.15) is 5.10 Å². The molecule has 1 aromatic heterocycles. The molecule has 0 aliphatic rings. The monoisotopic (exact) mass is 394 g/mol. The van der Waals surface area contributed by atoms with Gasteiger partial charge in [-0.25, -0.2) is 9.48 Å². The van der Waals surface area contributed by atoms with Gasteiger partial charge in [-0.15, -0.1) is 0 Å². The summed E-state index contributed by atoms with van der Waals surface area (Å²) in [7, 11) is 0. The summed E-state index contributed by atoms with van der Waals surface area (Å²) in [5.41, 5.74) is 3.27. The number of hydrogen-bond donors (Lipinski definition) is 0. The summed E-state index contributed by atoms with van der Waals surface area (Å²) in [6.45, 7) is 12.1. The Labute approximate surface area is 170 Å². The van der Waals surface area contributed by atoms with Crippen molar-refractivity contribution >= 4 is 17.7 Å². The first-order chi connectivity index (χ1) is 13.2. The Morgan fingerprint density at radius 1 is 1.00 bits per heavy atom. The highest BCUT2D eigenvalue weighted by molar-refractivity contribution is 7.99. The van der Waals surface area contributed by atoms with Crippen LogP contribution in [0.5, 0.6) is 5.88 Å². The lowest BCUT2D eigenvalue weighted by molar-refractivity contribution is 0.0704. The smallest absolute Gasteiger partial charge is 0.344 e. The normalized spacial score (nSPS) is 11.5. The summed E-state index contributed by atoms with van der Waals surface area (Å²) in [4.78, 5) is 14.8. The number of aryl methyl sites for hydroxylation is 3. The standard InChI is InChI=1S/C23H26N2O2S/c1-15-12-13-18(14-16(15)2)22(26)27-21-20(28-19-10-8-7-9-11-19)17(3)24-25(21)23(4,5)6/h7-14H,1-6H3. The highest BCUT2D eigenvalue weighted by Gasteiger charge is 2.27. The minimum atomic E-state index is -0.372. The van der Waals surface area contributed by atoms with Gasteiger partial charge in [0.2, 0.25) is 5.88 Å². The fourth-order valence-corrected chi connectivity index (χ4v) is 3.71. The van der Waals surface area contributed by atoms with Crippen LogP contribution in [0.1, 0.15) is 48.0 Å². The SMILES string of the molecule is Cc1ccc(C(=O)Oc2c(Sc3ccccc3)c(C)nn2C(C)(C)C)cc1C. The lowest BCUT2D eigenvalue weighted by Crippen LogP contribution is -2.25. The third kappa shape index (κ3) is 4.30. The van der Waals surface area contributed by atoms with Crippen LogP contribution >= 0.6 is 11.8 Å². The maximum atomic E-state index is 12.9. The minimum absolute atomic E-state index is 0.320. The van der Waals surface area contributed by atoms with E-state index in [0.29, 0.717) is 11.4 Å². The highest BCUT2D eigenvalue weighted by Crippen LogP contribution is 2.40. The Balaban J connectivity index is 2.01. The molecule has 0 spiro atoms. The number of hydrogen-bond acceptors (Lipinski definition) is 4. The molecule has 0 unspecified atom stereocenters. The molecule has 4 nitrogen and oxygen atoms in total. The van der Waals surface area contributed by atoms with Crippen LogP contribution in [0.25, 0.3) is 0 Å². The second-order valence-electron chi connectivity index (χ2n) is 7.91. The average Bonchev–Trinajstić information content (AvgIpc) is 2.94. The molecule has 0 radical (unpaired) electrons. The van der Waals surface area contributed by atoms with E-state index in [9.17, 15) is 4.79 Å². The first kappa shape index (κ1) is 20.2. The zero-order valence-electron chi connectivity index (χ0n) is 17.2. The predicted molar refractivity (Wildman–Crippen MR) is 113 cm³/mol. The van der Waals surface area contributed by atoms with E-state index in [2.05, 4.69) is 5.10 Å². The molecule has 0 aliphatic carbocycles. The molecule has 0 fully saturated rings. The quantitative estimate of drug-likeness (QED) is 0.514. The molecule has 0 aliphatic heterocycles. The van der Waals surface area contributed by atoms with Gasteiger partial charge < -0.3 is 4.74 Å². The van der Waals surface area contributed by atoms with Gasteiger partial charge in [-0.3, -0.25) is 0 Å². The summed E-state index contributed by atoms with van der Waals surface area (Å²) in [5.74, 6) is 0.116. The Kier molecular flexibility index (Phi) is 5.66. The van der Waals surface area contributed by atoms with Crippen LogP contribution in [-0.2, 0) is 5.54 Å². The molecule has 1 heterocycles. The van der Waals surface area contributed by atoms with Gasteiger partial charge in [0.1, 0.15) is 0 Å². The summed E-state index contributed by atoms with van der Waals surface area (Å²) in [6, 6.07) is 15.7. The number of carbonyl (C=O) groups excluding carboxylic acids is 1. The summed E-state index contributed by atoms with van der Waals surface area (Å²) in [5, 5.41) is 4.68. The zero-order chi connectivity index (χ0) is 20.5. The lowest BCUT2D eigenvalue weighted by atomic mass is 10.1. The number of esters is 1. The maximum Gasteiger partial charge on any atom is 0.344 e. The van der Waals surface area contributed by atoms with Crippen molar-refractivity contribution in [2.24, 2.45) is 0 Å². The van der Waals surface area contributed by atoms with Gasteiger partial charge in [-0.05, 0) is 76.9 Å². The molecule has 0 saturated heterocycles. The largest absolute Gasteiger partial charge is 0.403 e. The van der Waals surface area contributed by atoms with Crippen LogP contribution in [0, 0.1) is 20.8 Å². The summed E-state index contributed by atoms with van der Waals surface area (Å²) >= 11 is 1.56. The topological polar surface area (TPSA) is 44.1 Å². The van der Waals surface area contributed by atoms with Gasteiger partial charge >= 0.3 is 5.97 Å². The van der Waals surface area contributed by atoms with Gasteiger partial charge in [0.05, 0.1) is 21.7 Å². The number of rotatable bonds is 4. The van der Waals surface area contributed by atoms with Gasteiger partial charge in [0.15, 0.2) is 0 Å². The molecule has 3 rings (SSSR count). The Morgan fingerprint density at radius 2 is 1.68 bits per heavy atom. The summed E-state index contributed by atoms with van der Waals surface area (Å²) in [6.07, 6.45) is 0. The number of benzene rings is 2. The molecule has 3 aromatic rings. The van der Waals surface area contributed by atoms with Crippen LogP contribution < -0.4 is 4.74 Å². The van der Waals surface area contributed by atoms with Crippen molar-refractivity contribution in [3.05, 3.63) is 70.9 Å². The second kappa shape index (κ2) is 7.84. The molecule has 0 bridgehead atoms. The molecule has 0 saturated carbocycles. The first-order valence-electron chi connectivity index (χ1n) is 9.29. The van der Waals surface area contributed by atoms with Crippen LogP contribution in [0.4, 0.5) is 0 Å². The van der Waals surface area contributed by atoms with Crippen molar-refractivity contribution in [1.29, 1.82) is 0 Å².